The molecule has 2 aliphatic heterocycles. The lowest BCUT2D eigenvalue weighted by atomic mass is 10.0. The summed E-state index contributed by atoms with van der Waals surface area (Å²) in [5.74, 6) is 0.195. The fraction of sp³-hybridized carbons (Fsp3) is 0.667. The second-order valence-electron chi connectivity index (χ2n) is 6.67. The van der Waals surface area contributed by atoms with Crippen molar-refractivity contribution in [3.63, 3.8) is 0 Å². The average molecular weight is 332 g/mol. The van der Waals surface area contributed by atoms with Crippen LogP contribution >= 0.6 is 0 Å². The number of aromatic nitrogens is 1. The molecular weight excluding hydrogens is 304 g/mol. The zero-order chi connectivity index (χ0) is 16.8. The number of nitrogens with zero attached hydrogens (tertiary/aromatic N) is 2. The van der Waals surface area contributed by atoms with Gasteiger partial charge in [0, 0.05) is 56.9 Å². The van der Waals surface area contributed by atoms with Crippen LogP contribution in [0.3, 0.4) is 0 Å². The van der Waals surface area contributed by atoms with E-state index in [1.54, 1.807) is 0 Å². The Morgan fingerprint density at radius 2 is 2.17 bits per heavy atom. The van der Waals surface area contributed by atoms with Crippen LogP contribution in [0.25, 0.3) is 0 Å². The monoisotopic (exact) mass is 332 g/mol. The molecular formula is C18H28N4O2. The molecule has 6 heteroatoms. The van der Waals surface area contributed by atoms with Crippen molar-refractivity contribution >= 4 is 11.6 Å². The predicted molar refractivity (Wildman–Crippen MR) is 94.0 cm³/mol. The van der Waals surface area contributed by atoms with Crippen LogP contribution in [0.4, 0.5) is 5.69 Å². The molecule has 0 saturated carbocycles. The zero-order valence-electron chi connectivity index (χ0n) is 14.5. The molecule has 0 unspecified atom stereocenters. The third kappa shape index (κ3) is 4.45. The van der Waals surface area contributed by atoms with Crippen LogP contribution < -0.4 is 10.6 Å². The lowest BCUT2D eigenvalue weighted by molar-refractivity contribution is -0.142. The molecule has 24 heavy (non-hydrogen) atoms. The summed E-state index contributed by atoms with van der Waals surface area (Å²) in [4.78, 5) is 18.4. The van der Waals surface area contributed by atoms with Crippen molar-refractivity contribution in [1.82, 2.24) is 15.2 Å². The molecule has 1 amide bonds. The number of hydrogen-bond acceptors (Lipinski definition) is 5. The van der Waals surface area contributed by atoms with Crippen molar-refractivity contribution < 1.29 is 9.53 Å². The number of carbonyl (C=O) groups is 1. The lowest BCUT2D eigenvalue weighted by Crippen LogP contribution is -2.48. The lowest BCUT2D eigenvalue weighted by Gasteiger charge is -2.33. The fourth-order valence-corrected chi connectivity index (χ4v) is 3.43. The van der Waals surface area contributed by atoms with Gasteiger partial charge < -0.3 is 20.3 Å². The first kappa shape index (κ1) is 17.2. The average Bonchev–Trinajstić information content (AvgIpc) is 3.15. The third-order valence-corrected chi connectivity index (χ3v) is 4.91. The highest BCUT2D eigenvalue weighted by atomic mass is 16.5. The van der Waals surface area contributed by atoms with Crippen molar-refractivity contribution in [2.45, 2.75) is 44.8 Å². The van der Waals surface area contributed by atoms with E-state index in [-0.39, 0.29) is 12.0 Å². The number of hydrogen-bond donors (Lipinski definition) is 2. The van der Waals surface area contributed by atoms with Crippen LogP contribution in [0, 0.1) is 6.92 Å². The van der Waals surface area contributed by atoms with Gasteiger partial charge in [0.2, 0.25) is 0 Å². The van der Waals surface area contributed by atoms with E-state index in [0.29, 0.717) is 6.04 Å². The molecule has 0 aromatic carbocycles. The van der Waals surface area contributed by atoms with Crippen LogP contribution in [0.15, 0.2) is 18.5 Å². The summed E-state index contributed by atoms with van der Waals surface area (Å²) in [6.07, 6.45) is 7.44. The van der Waals surface area contributed by atoms with E-state index >= 15 is 0 Å². The Morgan fingerprint density at radius 1 is 1.33 bits per heavy atom. The Bertz CT molecular complexity index is 538. The molecule has 1 aromatic heterocycles. The molecule has 132 valence electrons. The van der Waals surface area contributed by atoms with Gasteiger partial charge in [-0.1, -0.05) is 0 Å². The first-order valence-corrected chi connectivity index (χ1v) is 9.02. The van der Waals surface area contributed by atoms with E-state index in [4.69, 9.17) is 4.74 Å². The molecule has 0 aliphatic carbocycles. The first-order chi connectivity index (χ1) is 11.7. The molecule has 6 nitrogen and oxygen atoms in total. The predicted octanol–water partition coefficient (Wildman–Crippen LogP) is 1.56. The summed E-state index contributed by atoms with van der Waals surface area (Å²) in [7, 11) is 0. The number of carbonyl (C=O) groups excluding carboxylic acids is 1. The maximum absolute atomic E-state index is 12.3. The van der Waals surface area contributed by atoms with Crippen molar-refractivity contribution in [2.75, 3.05) is 38.1 Å². The van der Waals surface area contributed by atoms with Crippen molar-refractivity contribution in [2.24, 2.45) is 0 Å². The van der Waals surface area contributed by atoms with E-state index in [1.807, 2.05) is 23.4 Å². The number of pyridine rings is 1. The van der Waals surface area contributed by atoms with Crippen LogP contribution in [-0.4, -0.2) is 60.7 Å². The van der Waals surface area contributed by atoms with Gasteiger partial charge in [-0.25, -0.2) is 0 Å². The smallest absolute Gasteiger partial charge is 0.251 e. The first-order valence-electron chi connectivity index (χ1n) is 9.02. The molecule has 1 atom stereocenters. The van der Waals surface area contributed by atoms with Crippen molar-refractivity contribution in [3.8, 4) is 0 Å². The Kier molecular flexibility index (Phi) is 6.04. The number of aryl methyl sites for hydroxylation is 1. The van der Waals surface area contributed by atoms with E-state index < -0.39 is 0 Å². The Morgan fingerprint density at radius 3 is 2.88 bits per heavy atom. The van der Waals surface area contributed by atoms with E-state index in [2.05, 4.69) is 22.5 Å². The van der Waals surface area contributed by atoms with Crippen molar-refractivity contribution in [1.29, 1.82) is 0 Å². The van der Waals surface area contributed by atoms with Crippen LogP contribution in [0.1, 0.15) is 31.2 Å². The molecule has 0 bridgehead atoms. The number of nitrogens with one attached hydrogen (secondary N) is 2. The minimum Gasteiger partial charge on any atom is -0.383 e. The zero-order valence-corrected chi connectivity index (χ0v) is 14.5. The quantitative estimate of drug-likeness (QED) is 0.774. The second-order valence-corrected chi connectivity index (χ2v) is 6.67. The molecule has 2 saturated heterocycles. The summed E-state index contributed by atoms with van der Waals surface area (Å²) >= 11 is 0. The summed E-state index contributed by atoms with van der Waals surface area (Å²) in [5, 5.41) is 7.03. The fourth-order valence-electron chi connectivity index (χ4n) is 3.43. The standard InChI is InChI=1S/C18H28N4O2/c1-14-13-19-7-4-16(14)21-9-8-20-15-5-10-22(11-6-15)18(23)17-3-2-12-24-17/h4,7,13,15,17,20H,2-3,5-6,8-12H2,1H3,(H,19,21)/t17-/m0/s1. The highest BCUT2D eigenvalue weighted by Gasteiger charge is 2.30. The molecule has 2 fully saturated rings. The van der Waals surface area contributed by atoms with Crippen LogP contribution in [0.5, 0.6) is 0 Å². The normalized spacial score (nSPS) is 21.9. The van der Waals surface area contributed by atoms with E-state index in [9.17, 15) is 4.79 Å². The molecule has 3 rings (SSSR count). The molecule has 2 N–H and O–H groups in total. The number of piperidine rings is 1. The largest absolute Gasteiger partial charge is 0.383 e. The summed E-state index contributed by atoms with van der Waals surface area (Å²) in [6.45, 7) is 6.29. The topological polar surface area (TPSA) is 66.5 Å². The minimum absolute atomic E-state index is 0.178. The van der Waals surface area contributed by atoms with Gasteiger partial charge in [0.05, 0.1) is 0 Å². The summed E-state index contributed by atoms with van der Waals surface area (Å²) in [5.41, 5.74) is 2.31. The maximum Gasteiger partial charge on any atom is 0.251 e. The molecule has 1 aromatic rings. The highest BCUT2D eigenvalue weighted by molar-refractivity contribution is 5.81. The van der Waals surface area contributed by atoms with E-state index in [1.165, 1.54) is 5.56 Å². The van der Waals surface area contributed by atoms with Crippen LogP contribution in [-0.2, 0) is 9.53 Å². The van der Waals surface area contributed by atoms with Crippen LogP contribution in [0.2, 0.25) is 0 Å². The van der Waals surface area contributed by atoms with Crippen molar-refractivity contribution in [3.05, 3.63) is 24.0 Å². The molecule has 3 heterocycles. The number of anilines is 1. The van der Waals surface area contributed by atoms with Gasteiger partial charge >= 0.3 is 0 Å². The Labute approximate surface area is 144 Å². The van der Waals surface area contributed by atoms with Gasteiger partial charge in [-0.2, -0.15) is 0 Å². The van der Waals surface area contributed by atoms with Gasteiger partial charge in [-0.05, 0) is 44.2 Å². The minimum atomic E-state index is -0.178. The Hall–Kier alpha value is -1.66. The van der Waals surface area contributed by atoms with Gasteiger partial charge in [0.1, 0.15) is 6.10 Å². The molecule has 2 aliphatic rings. The SMILES string of the molecule is Cc1cnccc1NCCNC1CCN(C(=O)[C@@H]2CCCO2)CC1. The van der Waals surface area contributed by atoms with Gasteiger partial charge in [0.25, 0.3) is 5.91 Å². The number of likely N-dealkylation sites (tertiary alicyclic amines) is 1. The maximum atomic E-state index is 12.3. The van der Waals surface area contributed by atoms with Gasteiger partial charge in [-0.15, -0.1) is 0 Å². The van der Waals surface area contributed by atoms with E-state index in [0.717, 1.165) is 64.2 Å². The number of rotatable bonds is 6. The molecule has 0 spiro atoms. The summed E-state index contributed by atoms with van der Waals surface area (Å²) in [6, 6.07) is 2.50. The number of amides is 1. The summed E-state index contributed by atoms with van der Waals surface area (Å²) < 4.78 is 5.51. The third-order valence-electron chi connectivity index (χ3n) is 4.91. The highest BCUT2D eigenvalue weighted by Crippen LogP contribution is 2.18. The van der Waals surface area contributed by atoms with Gasteiger partial charge in [0.15, 0.2) is 0 Å². The molecule has 0 radical (unpaired) electrons. The number of ether oxygens (including phenoxy) is 1. The Balaban J connectivity index is 1.32. The second kappa shape index (κ2) is 8.44. The van der Waals surface area contributed by atoms with Gasteiger partial charge in [-0.3, -0.25) is 9.78 Å².